The lowest BCUT2D eigenvalue weighted by molar-refractivity contribution is 0.200. The highest BCUT2D eigenvalue weighted by atomic mass is 16.3. The standard InChI is InChI=1S/C19H21N3O/c23-16-6-1-4-14(10-16)12-22-9-3-5-15(13-22)18-11-21-19-17(18)7-2-8-20-19/h1-2,4,6-8,10-11,15,23H,3,5,9,12-13H2,(H,20,21). The monoisotopic (exact) mass is 307 g/mol. The second kappa shape index (κ2) is 6.05. The maximum atomic E-state index is 9.63. The molecule has 0 aliphatic carbocycles. The summed E-state index contributed by atoms with van der Waals surface area (Å²) in [4.78, 5) is 10.2. The zero-order valence-electron chi connectivity index (χ0n) is 13.1. The van der Waals surface area contributed by atoms with Crippen LogP contribution >= 0.6 is 0 Å². The van der Waals surface area contributed by atoms with Gasteiger partial charge < -0.3 is 10.1 Å². The number of phenols is 1. The molecule has 0 spiro atoms. The number of aromatic hydroxyl groups is 1. The van der Waals surface area contributed by atoms with E-state index in [1.807, 2.05) is 24.4 Å². The molecule has 1 atom stereocenters. The number of aromatic amines is 1. The van der Waals surface area contributed by atoms with Crippen molar-refractivity contribution < 1.29 is 5.11 Å². The first-order valence-electron chi connectivity index (χ1n) is 8.22. The molecule has 1 fully saturated rings. The molecule has 2 N–H and O–H groups in total. The molecule has 1 aromatic carbocycles. The summed E-state index contributed by atoms with van der Waals surface area (Å²) in [6.45, 7) is 3.07. The Balaban J connectivity index is 1.53. The van der Waals surface area contributed by atoms with Crippen molar-refractivity contribution in [1.82, 2.24) is 14.9 Å². The van der Waals surface area contributed by atoms with Gasteiger partial charge in [-0.05, 0) is 60.7 Å². The first kappa shape index (κ1) is 14.3. The van der Waals surface area contributed by atoms with Gasteiger partial charge in [-0.2, -0.15) is 0 Å². The van der Waals surface area contributed by atoms with Crippen molar-refractivity contribution in [3.8, 4) is 5.75 Å². The fourth-order valence-electron chi connectivity index (χ4n) is 3.68. The number of rotatable bonds is 3. The summed E-state index contributed by atoms with van der Waals surface area (Å²) in [5, 5.41) is 10.9. The third kappa shape index (κ3) is 2.94. The maximum Gasteiger partial charge on any atom is 0.137 e. The van der Waals surface area contributed by atoms with Crippen LogP contribution in [0.2, 0.25) is 0 Å². The van der Waals surface area contributed by atoms with Crippen molar-refractivity contribution in [2.24, 2.45) is 0 Å². The van der Waals surface area contributed by atoms with E-state index >= 15 is 0 Å². The number of hydrogen-bond acceptors (Lipinski definition) is 3. The number of fused-ring (bicyclic) bond motifs is 1. The molecule has 1 unspecified atom stereocenters. The number of nitrogens with one attached hydrogen (secondary N) is 1. The molecular formula is C19H21N3O. The SMILES string of the molecule is Oc1cccc(CN2CCCC(c3c[nH]c4ncccc34)C2)c1. The number of benzene rings is 1. The number of phenolic OH excluding ortho intramolecular Hbond substituents is 1. The van der Waals surface area contributed by atoms with E-state index in [9.17, 15) is 5.11 Å². The summed E-state index contributed by atoms with van der Waals surface area (Å²) in [6, 6.07) is 11.7. The molecule has 4 heteroatoms. The molecule has 4 nitrogen and oxygen atoms in total. The van der Waals surface area contributed by atoms with E-state index in [0.29, 0.717) is 11.7 Å². The average Bonchev–Trinajstić information content (AvgIpc) is 2.99. The third-order valence-corrected chi connectivity index (χ3v) is 4.75. The molecule has 2 aromatic heterocycles. The molecule has 1 aliphatic heterocycles. The van der Waals surface area contributed by atoms with Gasteiger partial charge in [-0.25, -0.2) is 4.98 Å². The van der Waals surface area contributed by atoms with Gasteiger partial charge in [0, 0.05) is 30.9 Å². The van der Waals surface area contributed by atoms with Crippen LogP contribution in [0.15, 0.2) is 48.8 Å². The molecule has 23 heavy (non-hydrogen) atoms. The van der Waals surface area contributed by atoms with E-state index in [1.165, 1.54) is 29.4 Å². The Morgan fingerprint density at radius 3 is 3.13 bits per heavy atom. The Hall–Kier alpha value is -2.33. The third-order valence-electron chi connectivity index (χ3n) is 4.75. The van der Waals surface area contributed by atoms with Gasteiger partial charge in [0.2, 0.25) is 0 Å². The van der Waals surface area contributed by atoms with Crippen LogP contribution in [0.25, 0.3) is 11.0 Å². The van der Waals surface area contributed by atoms with Gasteiger partial charge in [-0.15, -0.1) is 0 Å². The van der Waals surface area contributed by atoms with Gasteiger partial charge in [0.25, 0.3) is 0 Å². The van der Waals surface area contributed by atoms with Crippen molar-refractivity contribution in [2.45, 2.75) is 25.3 Å². The molecule has 1 saturated heterocycles. The predicted octanol–water partition coefficient (Wildman–Crippen LogP) is 3.65. The number of hydrogen-bond donors (Lipinski definition) is 2. The topological polar surface area (TPSA) is 52.1 Å². The largest absolute Gasteiger partial charge is 0.508 e. The summed E-state index contributed by atoms with van der Waals surface area (Å²) in [6.07, 6.45) is 6.38. The summed E-state index contributed by atoms with van der Waals surface area (Å²) in [5.41, 5.74) is 3.53. The van der Waals surface area contributed by atoms with E-state index in [1.54, 1.807) is 6.07 Å². The van der Waals surface area contributed by atoms with Crippen LogP contribution in [0.3, 0.4) is 0 Å². The Morgan fingerprint density at radius 1 is 1.26 bits per heavy atom. The van der Waals surface area contributed by atoms with E-state index in [2.05, 4.69) is 33.2 Å². The number of aromatic nitrogens is 2. The van der Waals surface area contributed by atoms with Gasteiger partial charge >= 0.3 is 0 Å². The first-order chi connectivity index (χ1) is 11.3. The Labute approximate surface area is 135 Å². The fourth-order valence-corrected chi connectivity index (χ4v) is 3.68. The highest BCUT2D eigenvalue weighted by molar-refractivity contribution is 5.80. The first-order valence-corrected chi connectivity index (χ1v) is 8.22. The summed E-state index contributed by atoms with van der Waals surface area (Å²) in [7, 11) is 0. The quantitative estimate of drug-likeness (QED) is 0.776. The molecule has 0 amide bonds. The molecular weight excluding hydrogens is 286 g/mol. The van der Waals surface area contributed by atoms with Crippen molar-refractivity contribution in [2.75, 3.05) is 13.1 Å². The normalized spacial score (nSPS) is 19.2. The molecule has 4 rings (SSSR count). The van der Waals surface area contributed by atoms with Gasteiger partial charge in [-0.3, -0.25) is 4.90 Å². The second-order valence-electron chi connectivity index (χ2n) is 6.39. The maximum absolute atomic E-state index is 9.63. The van der Waals surface area contributed by atoms with Crippen LogP contribution in [0.4, 0.5) is 0 Å². The predicted molar refractivity (Wildman–Crippen MR) is 91.5 cm³/mol. The number of pyridine rings is 1. The lowest BCUT2D eigenvalue weighted by atomic mass is 9.90. The van der Waals surface area contributed by atoms with E-state index in [-0.39, 0.29) is 0 Å². The zero-order chi connectivity index (χ0) is 15.6. The van der Waals surface area contributed by atoms with Crippen LogP contribution in [0.1, 0.15) is 29.9 Å². The molecule has 0 saturated carbocycles. The van der Waals surface area contributed by atoms with Crippen molar-refractivity contribution >= 4 is 11.0 Å². The minimum absolute atomic E-state index is 0.346. The lowest BCUT2D eigenvalue weighted by Crippen LogP contribution is -2.33. The van der Waals surface area contributed by atoms with Crippen molar-refractivity contribution in [1.29, 1.82) is 0 Å². The molecule has 0 bridgehead atoms. The van der Waals surface area contributed by atoms with Gasteiger partial charge in [-0.1, -0.05) is 12.1 Å². The Bertz CT molecular complexity index is 811. The highest BCUT2D eigenvalue weighted by Crippen LogP contribution is 2.32. The van der Waals surface area contributed by atoms with Crippen LogP contribution in [0.5, 0.6) is 5.75 Å². The van der Waals surface area contributed by atoms with E-state index in [4.69, 9.17) is 0 Å². The van der Waals surface area contributed by atoms with Crippen molar-refractivity contribution in [3.63, 3.8) is 0 Å². The molecule has 1 aliphatic rings. The van der Waals surface area contributed by atoms with Crippen LogP contribution < -0.4 is 0 Å². The van der Waals surface area contributed by atoms with Gasteiger partial charge in [0.15, 0.2) is 0 Å². The smallest absolute Gasteiger partial charge is 0.137 e. The fraction of sp³-hybridized carbons (Fsp3) is 0.316. The zero-order valence-corrected chi connectivity index (χ0v) is 13.1. The summed E-state index contributed by atoms with van der Waals surface area (Å²) >= 11 is 0. The average molecular weight is 307 g/mol. The molecule has 0 radical (unpaired) electrons. The van der Waals surface area contributed by atoms with E-state index < -0.39 is 0 Å². The minimum Gasteiger partial charge on any atom is -0.508 e. The van der Waals surface area contributed by atoms with E-state index in [0.717, 1.165) is 25.3 Å². The minimum atomic E-state index is 0.346. The summed E-state index contributed by atoms with van der Waals surface area (Å²) < 4.78 is 0. The number of likely N-dealkylation sites (tertiary alicyclic amines) is 1. The summed E-state index contributed by atoms with van der Waals surface area (Å²) in [5.74, 6) is 0.887. The second-order valence-corrected chi connectivity index (χ2v) is 6.39. The Kier molecular flexibility index (Phi) is 3.75. The van der Waals surface area contributed by atoms with Crippen LogP contribution in [-0.2, 0) is 6.54 Å². The van der Waals surface area contributed by atoms with Gasteiger partial charge in [0.05, 0.1) is 0 Å². The lowest BCUT2D eigenvalue weighted by Gasteiger charge is -2.32. The number of piperidine rings is 1. The van der Waals surface area contributed by atoms with Gasteiger partial charge in [0.1, 0.15) is 11.4 Å². The number of H-pyrrole nitrogens is 1. The molecule has 118 valence electrons. The van der Waals surface area contributed by atoms with Crippen molar-refractivity contribution in [3.05, 3.63) is 59.9 Å². The Morgan fingerprint density at radius 2 is 2.22 bits per heavy atom. The van der Waals surface area contributed by atoms with Crippen LogP contribution in [0, 0.1) is 0 Å². The molecule has 3 aromatic rings. The number of nitrogens with zero attached hydrogens (tertiary/aromatic N) is 2. The molecule has 3 heterocycles. The van der Waals surface area contributed by atoms with Crippen LogP contribution in [-0.4, -0.2) is 33.1 Å². The highest BCUT2D eigenvalue weighted by Gasteiger charge is 2.23.